The van der Waals surface area contributed by atoms with E-state index in [1.54, 1.807) is 0 Å². The molecule has 0 heterocycles. The van der Waals surface area contributed by atoms with Crippen molar-refractivity contribution in [3.05, 3.63) is 0 Å². The van der Waals surface area contributed by atoms with Gasteiger partial charge in [-0.2, -0.15) is 0 Å². The first kappa shape index (κ1) is 8.34. The van der Waals surface area contributed by atoms with Crippen LogP contribution in [-0.2, 0) is 14.3 Å². The Bertz CT molecular complexity index is 262. The Hall–Kier alpha value is -1.26. The standard InChI is InChI=1S/C8H10O5/c1-12-5(9)7-2-8(3-7,4-7)13-6(10)11/h2-4H2,1H3,(H,10,11). The zero-order valence-electron chi connectivity index (χ0n) is 7.20. The molecule has 0 spiro atoms. The van der Waals surface area contributed by atoms with Crippen LogP contribution >= 0.6 is 0 Å². The molecule has 5 heteroatoms. The van der Waals surface area contributed by atoms with Gasteiger partial charge in [-0.1, -0.05) is 0 Å². The van der Waals surface area contributed by atoms with Gasteiger partial charge < -0.3 is 14.6 Å². The maximum atomic E-state index is 11.2. The van der Waals surface area contributed by atoms with Crippen molar-refractivity contribution < 1.29 is 24.2 Å². The molecule has 0 aliphatic heterocycles. The highest BCUT2D eigenvalue weighted by Gasteiger charge is 2.75. The summed E-state index contributed by atoms with van der Waals surface area (Å²) < 4.78 is 9.27. The molecule has 2 bridgehead atoms. The van der Waals surface area contributed by atoms with E-state index in [1.165, 1.54) is 7.11 Å². The zero-order chi connectivity index (χ0) is 9.69. The number of rotatable bonds is 2. The Kier molecular flexibility index (Phi) is 1.38. The summed E-state index contributed by atoms with van der Waals surface area (Å²) in [4.78, 5) is 21.4. The molecule has 3 fully saturated rings. The summed E-state index contributed by atoms with van der Waals surface area (Å²) in [6.45, 7) is 0. The lowest BCUT2D eigenvalue weighted by Crippen LogP contribution is -2.71. The van der Waals surface area contributed by atoms with Crippen molar-refractivity contribution >= 4 is 12.1 Å². The highest BCUT2D eigenvalue weighted by molar-refractivity contribution is 5.82. The largest absolute Gasteiger partial charge is 0.506 e. The number of methoxy groups -OCH3 is 1. The number of carbonyl (C=O) groups is 2. The smallest absolute Gasteiger partial charge is 0.469 e. The summed E-state index contributed by atoms with van der Waals surface area (Å²) in [7, 11) is 1.34. The summed E-state index contributed by atoms with van der Waals surface area (Å²) in [5, 5.41) is 8.38. The van der Waals surface area contributed by atoms with Crippen LogP contribution in [0.25, 0.3) is 0 Å². The molecule has 0 atom stereocenters. The summed E-state index contributed by atoms with van der Waals surface area (Å²) in [5.41, 5.74) is -0.996. The molecule has 3 saturated carbocycles. The van der Waals surface area contributed by atoms with Gasteiger partial charge in [-0.05, 0) is 0 Å². The number of ether oxygens (including phenoxy) is 2. The second-order valence-corrected chi connectivity index (χ2v) is 3.85. The molecule has 3 aliphatic rings. The molecular weight excluding hydrogens is 176 g/mol. The normalized spacial score (nSPS) is 39.8. The van der Waals surface area contributed by atoms with Crippen molar-refractivity contribution in [3.8, 4) is 0 Å². The van der Waals surface area contributed by atoms with E-state index < -0.39 is 17.2 Å². The van der Waals surface area contributed by atoms with Gasteiger partial charge in [0.1, 0.15) is 5.60 Å². The van der Waals surface area contributed by atoms with Gasteiger partial charge in [-0.3, -0.25) is 4.79 Å². The van der Waals surface area contributed by atoms with Crippen LogP contribution in [0.5, 0.6) is 0 Å². The van der Waals surface area contributed by atoms with Gasteiger partial charge in [0.15, 0.2) is 0 Å². The molecule has 0 aromatic heterocycles. The molecule has 0 aromatic rings. The molecule has 5 nitrogen and oxygen atoms in total. The number of esters is 1. The van der Waals surface area contributed by atoms with Crippen molar-refractivity contribution in [2.75, 3.05) is 7.11 Å². The fraction of sp³-hybridized carbons (Fsp3) is 0.750. The topological polar surface area (TPSA) is 72.8 Å². The van der Waals surface area contributed by atoms with Crippen LogP contribution in [0, 0.1) is 5.41 Å². The quantitative estimate of drug-likeness (QED) is 0.645. The average molecular weight is 186 g/mol. The van der Waals surface area contributed by atoms with Crippen LogP contribution in [-0.4, -0.2) is 29.9 Å². The van der Waals surface area contributed by atoms with Crippen LogP contribution in [0.15, 0.2) is 0 Å². The van der Waals surface area contributed by atoms with Crippen molar-refractivity contribution in [2.45, 2.75) is 24.9 Å². The maximum Gasteiger partial charge on any atom is 0.506 e. The third-order valence-corrected chi connectivity index (χ3v) is 2.90. The first-order valence-electron chi connectivity index (χ1n) is 4.02. The molecule has 0 radical (unpaired) electrons. The summed E-state index contributed by atoms with van der Waals surface area (Å²) in [5.74, 6) is -0.247. The minimum Gasteiger partial charge on any atom is -0.469 e. The second kappa shape index (κ2) is 2.16. The summed E-state index contributed by atoms with van der Waals surface area (Å²) in [6.07, 6.45) is 0.190. The molecular formula is C8H10O5. The Morgan fingerprint density at radius 3 is 2.23 bits per heavy atom. The lowest BCUT2D eigenvalue weighted by Gasteiger charge is -2.65. The third kappa shape index (κ3) is 0.928. The predicted molar refractivity (Wildman–Crippen MR) is 40.1 cm³/mol. The van der Waals surface area contributed by atoms with E-state index in [0.717, 1.165) is 0 Å². The number of carbonyl (C=O) groups excluding carboxylic acids is 1. The minimum absolute atomic E-state index is 0.247. The highest BCUT2D eigenvalue weighted by atomic mass is 16.7. The molecule has 13 heavy (non-hydrogen) atoms. The first-order valence-corrected chi connectivity index (χ1v) is 4.02. The average Bonchev–Trinajstić information content (AvgIpc) is 1.92. The highest BCUT2D eigenvalue weighted by Crippen LogP contribution is 2.69. The second-order valence-electron chi connectivity index (χ2n) is 3.85. The number of hydrogen-bond acceptors (Lipinski definition) is 4. The lowest BCUT2D eigenvalue weighted by atomic mass is 9.41. The van der Waals surface area contributed by atoms with Crippen molar-refractivity contribution in [1.82, 2.24) is 0 Å². The van der Waals surface area contributed by atoms with Gasteiger partial charge >= 0.3 is 12.1 Å². The Morgan fingerprint density at radius 2 is 1.85 bits per heavy atom. The summed E-state index contributed by atoms with van der Waals surface area (Å²) in [6, 6.07) is 0. The minimum atomic E-state index is -1.27. The Labute approximate surface area is 74.6 Å². The SMILES string of the molecule is COC(=O)C12CC(OC(=O)O)(C1)C2. The monoisotopic (exact) mass is 186 g/mol. The van der Waals surface area contributed by atoms with Crippen LogP contribution in [0.3, 0.4) is 0 Å². The summed E-state index contributed by atoms with van der Waals surface area (Å²) >= 11 is 0. The first-order chi connectivity index (χ1) is 6.02. The van der Waals surface area contributed by atoms with E-state index >= 15 is 0 Å². The van der Waals surface area contributed by atoms with Crippen LogP contribution in [0.4, 0.5) is 4.79 Å². The van der Waals surface area contributed by atoms with Crippen LogP contribution < -0.4 is 0 Å². The fourth-order valence-electron chi connectivity index (χ4n) is 2.42. The van der Waals surface area contributed by atoms with Gasteiger partial charge in [0, 0.05) is 19.3 Å². The molecule has 0 amide bonds. The van der Waals surface area contributed by atoms with Crippen LogP contribution in [0.1, 0.15) is 19.3 Å². The Morgan fingerprint density at radius 1 is 1.31 bits per heavy atom. The van der Waals surface area contributed by atoms with E-state index in [-0.39, 0.29) is 5.97 Å². The molecule has 0 unspecified atom stereocenters. The van der Waals surface area contributed by atoms with Crippen molar-refractivity contribution in [1.29, 1.82) is 0 Å². The van der Waals surface area contributed by atoms with Gasteiger partial charge in [0.2, 0.25) is 0 Å². The van der Waals surface area contributed by atoms with E-state index in [9.17, 15) is 9.59 Å². The van der Waals surface area contributed by atoms with Gasteiger partial charge in [0.25, 0.3) is 0 Å². The lowest BCUT2D eigenvalue weighted by molar-refractivity contribution is -0.264. The molecule has 72 valence electrons. The van der Waals surface area contributed by atoms with E-state index in [0.29, 0.717) is 19.3 Å². The Balaban J connectivity index is 1.93. The molecule has 1 N–H and O–H groups in total. The fourth-order valence-corrected chi connectivity index (χ4v) is 2.42. The van der Waals surface area contributed by atoms with Crippen molar-refractivity contribution in [3.63, 3.8) is 0 Å². The third-order valence-electron chi connectivity index (χ3n) is 2.90. The van der Waals surface area contributed by atoms with Gasteiger partial charge in [0.05, 0.1) is 12.5 Å². The maximum absolute atomic E-state index is 11.2. The van der Waals surface area contributed by atoms with E-state index in [2.05, 4.69) is 9.47 Å². The van der Waals surface area contributed by atoms with Crippen molar-refractivity contribution in [2.24, 2.45) is 5.41 Å². The number of hydrogen-bond donors (Lipinski definition) is 1. The molecule has 3 rings (SSSR count). The van der Waals surface area contributed by atoms with E-state index in [4.69, 9.17) is 5.11 Å². The zero-order valence-corrected chi connectivity index (χ0v) is 7.20. The van der Waals surface area contributed by atoms with Gasteiger partial charge in [-0.25, -0.2) is 4.79 Å². The van der Waals surface area contributed by atoms with E-state index in [1.807, 2.05) is 0 Å². The van der Waals surface area contributed by atoms with Gasteiger partial charge in [-0.15, -0.1) is 0 Å². The molecule has 0 saturated heterocycles. The van der Waals surface area contributed by atoms with Crippen LogP contribution in [0.2, 0.25) is 0 Å². The number of carboxylic acid groups (broad SMARTS) is 1. The molecule has 3 aliphatic carbocycles. The molecule has 0 aromatic carbocycles. The predicted octanol–water partition coefficient (Wildman–Crippen LogP) is 0.777.